The predicted octanol–water partition coefficient (Wildman–Crippen LogP) is -1.69. The summed E-state index contributed by atoms with van der Waals surface area (Å²) in [6, 6.07) is 5.58. The molecule has 15 nitrogen and oxygen atoms in total. The highest BCUT2D eigenvalue weighted by molar-refractivity contribution is 5.97. The lowest BCUT2D eigenvalue weighted by molar-refractivity contribution is -0.307. The molecule has 0 saturated carbocycles. The van der Waals surface area contributed by atoms with Gasteiger partial charge >= 0.3 is 0 Å². The van der Waals surface area contributed by atoms with Gasteiger partial charge in [0, 0.05) is 6.07 Å². The molecule has 0 unspecified atom stereocenters. The largest absolute Gasteiger partial charge is 0.507 e. The topological polar surface area (TPSA) is 227 Å². The van der Waals surface area contributed by atoms with Crippen molar-refractivity contribution in [2.75, 3.05) is 27.4 Å². The Kier molecular flexibility index (Phi) is 8.24. The molecular formula is C26H30O15. The van der Waals surface area contributed by atoms with Gasteiger partial charge in [-0.3, -0.25) is 4.79 Å². The van der Waals surface area contributed by atoms with Crippen LogP contribution in [0.3, 0.4) is 0 Å². The first-order valence-electron chi connectivity index (χ1n) is 12.5. The fraction of sp³-hybridized carbons (Fsp3) is 0.500. The summed E-state index contributed by atoms with van der Waals surface area (Å²) in [6.45, 7) is -0.825. The lowest BCUT2D eigenvalue weighted by Crippen LogP contribution is -2.61. The van der Waals surface area contributed by atoms with Crippen molar-refractivity contribution in [1.29, 1.82) is 0 Å². The smallest absolute Gasteiger partial charge is 0.229 e. The van der Waals surface area contributed by atoms with Crippen LogP contribution in [0.2, 0.25) is 0 Å². The van der Waals surface area contributed by atoms with Gasteiger partial charge in [0.15, 0.2) is 17.6 Å². The number of ether oxygens (including phenoxy) is 6. The molecule has 0 aliphatic carbocycles. The molecule has 7 N–H and O–H groups in total. The molecule has 41 heavy (non-hydrogen) atoms. The van der Waals surface area contributed by atoms with Crippen molar-refractivity contribution in [2.45, 2.75) is 55.3 Å². The highest BCUT2D eigenvalue weighted by Crippen LogP contribution is 2.42. The Bertz CT molecular complexity index is 1460. The number of hydrogen-bond donors (Lipinski definition) is 7. The van der Waals surface area contributed by atoms with Crippen LogP contribution in [0.1, 0.15) is 0 Å². The lowest BCUT2D eigenvalue weighted by Gasteiger charge is -2.41. The zero-order chi connectivity index (χ0) is 29.6. The molecule has 2 aliphatic rings. The molecule has 2 aliphatic heterocycles. The number of aliphatic hydroxyl groups is 6. The first kappa shape index (κ1) is 29.2. The monoisotopic (exact) mass is 582 g/mol. The number of rotatable bonds is 7. The molecule has 3 heterocycles. The van der Waals surface area contributed by atoms with Gasteiger partial charge in [0.25, 0.3) is 0 Å². The Balaban J connectivity index is 1.42. The third-order valence-electron chi connectivity index (χ3n) is 7.05. The molecule has 0 spiro atoms. The molecule has 224 valence electrons. The molecule has 2 fully saturated rings. The number of phenolic OH excluding ortho intramolecular Hbond substituents is 1. The van der Waals surface area contributed by atoms with Crippen molar-refractivity contribution in [3.8, 4) is 23.0 Å². The second kappa shape index (κ2) is 11.6. The van der Waals surface area contributed by atoms with Crippen LogP contribution in [-0.4, -0.2) is 118 Å². The second-order valence-corrected chi connectivity index (χ2v) is 9.64. The van der Waals surface area contributed by atoms with Gasteiger partial charge in [-0.05, 0) is 18.2 Å². The van der Waals surface area contributed by atoms with E-state index in [1.807, 2.05) is 0 Å². The van der Waals surface area contributed by atoms with Crippen LogP contribution >= 0.6 is 0 Å². The number of benzene rings is 2. The molecule has 15 heteroatoms. The van der Waals surface area contributed by atoms with Crippen LogP contribution in [0.15, 0.2) is 33.5 Å². The van der Waals surface area contributed by atoms with Crippen LogP contribution < -0.4 is 19.6 Å². The van der Waals surface area contributed by atoms with E-state index >= 15 is 0 Å². The Morgan fingerprint density at radius 1 is 0.902 bits per heavy atom. The maximum Gasteiger partial charge on any atom is 0.229 e. The van der Waals surface area contributed by atoms with E-state index in [9.17, 15) is 40.5 Å². The van der Waals surface area contributed by atoms with E-state index in [0.29, 0.717) is 5.75 Å². The molecule has 0 amide bonds. The Labute approximate surface area is 231 Å². The molecule has 2 saturated heterocycles. The van der Waals surface area contributed by atoms with Crippen LogP contribution in [0, 0.1) is 0 Å². The number of methoxy groups -OCH3 is 2. The fourth-order valence-electron chi connectivity index (χ4n) is 4.74. The molecule has 2 aromatic carbocycles. The van der Waals surface area contributed by atoms with E-state index in [0.717, 1.165) is 6.07 Å². The Morgan fingerprint density at radius 2 is 1.63 bits per heavy atom. The van der Waals surface area contributed by atoms with E-state index in [-0.39, 0.29) is 40.0 Å². The van der Waals surface area contributed by atoms with E-state index in [1.54, 1.807) is 6.07 Å². The van der Waals surface area contributed by atoms with Gasteiger partial charge in [0.1, 0.15) is 65.2 Å². The van der Waals surface area contributed by atoms with Gasteiger partial charge in [-0.25, -0.2) is 0 Å². The van der Waals surface area contributed by atoms with Gasteiger partial charge in [0.05, 0.1) is 32.8 Å². The Morgan fingerprint density at radius 3 is 2.34 bits per heavy atom. The van der Waals surface area contributed by atoms with Gasteiger partial charge in [0.2, 0.25) is 17.5 Å². The van der Waals surface area contributed by atoms with Crippen LogP contribution in [0.5, 0.6) is 23.0 Å². The highest BCUT2D eigenvalue weighted by Gasteiger charge is 2.47. The minimum atomic E-state index is -1.80. The molecule has 1 aromatic heterocycles. The van der Waals surface area contributed by atoms with Gasteiger partial charge in [-0.15, -0.1) is 0 Å². The van der Waals surface area contributed by atoms with Crippen LogP contribution in [0.25, 0.3) is 21.9 Å². The molecule has 9 atom stereocenters. The first-order chi connectivity index (χ1) is 19.5. The Hall–Kier alpha value is -3.25. The van der Waals surface area contributed by atoms with Crippen LogP contribution in [-0.2, 0) is 14.2 Å². The van der Waals surface area contributed by atoms with Crippen LogP contribution in [0.4, 0.5) is 0 Å². The van der Waals surface area contributed by atoms with Crippen molar-refractivity contribution in [3.63, 3.8) is 0 Å². The standard InChI is InChI=1S/C26H30O15/c1-35-9-3-4-13-10(5-9)17(29)16-11(27)6-14(23(36-2)24(16)39-13)40-26-22(34)20(32)19(31)15(41-26)8-38-25-21(33)18(30)12(28)7-37-25/h3-6,12,15,18-22,25-28,30-34H,7-8H2,1-2H3/t12-,15-,18+,19-,20+,21-,22-,25+,26-/m1/s1. The summed E-state index contributed by atoms with van der Waals surface area (Å²) in [5.41, 5.74) is -0.579. The third-order valence-corrected chi connectivity index (χ3v) is 7.05. The maximum absolute atomic E-state index is 13.2. The van der Waals surface area contributed by atoms with Gasteiger partial charge in [-0.1, -0.05) is 0 Å². The van der Waals surface area contributed by atoms with Crippen molar-refractivity contribution >= 4 is 21.9 Å². The van der Waals surface area contributed by atoms with Crippen molar-refractivity contribution in [1.82, 2.24) is 0 Å². The molecule has 0 radical (unpaired) electrons. The summed E-state index contributed by atoms with van der Waals surface area (Å²) in [6.07, 6.45) is -14.1. The summed E-state index contributed by atoms with van der Waals surface area (Å²) >= 11 is 0. The first-order valence-corrected chi connectivity index (χ1v) is 12.5. The summed E-state index contributed by atoms with van der Waals surface area (Å²) in [5.74, 6) is -0.507. The number of fused-ring (bicyclic) bond motifs is 2. The van der Waals surface area contributed by atoms with Crippen molar-refractivity contribution < 1.29 is 68.6 Å². The van der Waals surface area contributed by atoms with E-state index in [2.05, 4.69) is 0 Å². The van der Waals surface area contributed by atoms with E-state index in [1.165, 1.54) is 26.4 Å². The summed E-state index contributed by atoms with van der Waals surface area (Å²) in [5, 5.41) is 71.7. The number of aromatic hydroxyl groups is 1. The predicted molar refractivity (Wildman–Crippen MR) is 136 cm³/mol. The van der Waals surface area contributed by atoms with Crippen molar-refractivity contribution in [3.05, 3.63) is 34.5 Å². The minimum Gasteiger partial charge on any atom is -0.507 e. The highest BCUT2D eigenvalue weighted by atomic mass is 16.7. The zero-order valence-corrected chi connectivity index (χ0v) is 21.8. The maximum atomic E-state index is 13.2. The van der Waals surface area contributed by atoms with Crippen molar-refractivity contribution in [2.24, 2.45) is 0 Å². The number of phenols is 1. The molecular weight excluding hydrogens is 552 g/mol. The molecule has 5 rings (SSSR count). The molecule has 0 bridgehead atoms. The van der Waals surface area contributed by atoms with E-state index in [4.69, 9.17) is 32.8 Å². The fourth-order valence-corrected chi connectivity index (χ4v) is 4.74. The quantitative estimate of drug-likeness (QED) is 0.154. The lowest BCUT2D eigenvalue weighted by atomic mass is 9.99. The average Bonchev–Trinajstić information content (AvgIpc) is 2.96. The molecule has 3 aromatic rings. The summed E-state index contributed by atoms with van der Waals surface area (Å²) < 4.78 is 38.4. The van der Waals surface area contributed by atoms with E-state index < -0.39 is 73.1 Å². The SMILES string of the molecule is COc1ccc2oc3c(OC)c(O[C@@H]4O[C@H](CO[C@@H]5OC[C@@H](O)[C@H](O)[C@H]5O)[C@@H](O)[C@H](O)[C@H]4O)cc(O)c3c(=O)c2c1. The third kappa shape index (κ3) is 5.27. The second-order valence-electron chi connectivity index (χ2n) is 9.64. The summed E-state index contributed by atoms with van der Waals surface area (Å²) in [4.78, 5) is 13.2. The van der Waals surface area contributed by atoms with Gasteiger partial charge < -0.3 is 68.6 Å². The minimum absolute atomic E-state index is 0.136. The zero-order valence-electron chi connectivity index (χ0n) is 21.8. The number of aliphatic hydroxyl groups excluding tert-OH is 6. The van der Waals surface area contributed by atoms with Gasteiger partial charge in [-0.2, -0.15) is 0 Å². The average molecular weight is 583 g/mol. The normalized spacial score (nSPS) is 32.2. The number of hydrogen-bond acceptors (Lipinski definition) is 15. The summed E-state index contributed by atoms with van der Waals surface area (Å²) in [7, 11) is 2.69.